The third kappa shape index (κ3) is 2.52. The number of hydrogen-bond donors (Lipinski definition) is 0. The number of thiophene rings is 1. The van der Waals surface area contributed by atoms with Crippen molar-refractivity contribution in [2.45, 2.75) is 13.3 Å². The quantitative estimate of drug-likeness (QED) is 0.716. The van der Waals surface area contributed by atoms with E-state index in [2.05, 4.69) is 34.8 Å². The number of halogens is 1. The maximum absolute atomic E-state index is 4.73. The Hall–Kier alpha value is -1.45. The molecule has 0 aliphatic carbocycles. The summed E-state index contributed by atoms with van der Waals surface area (Å²) < 4.78 is 0. The first-order chi connectivity index (χ1) is 8.33. The molecule has 2 aromatic rings. The summed E-state index contributed by atoms with van der Waals surface area (Å²) in [5.41, 5.74) is 5.39. The maximum Gasteiger partial charge on any atom is 0.0996 e. The van der Waals surface area contributed by atoms with Crippen molar-refractivity contribution in [3.05, 3.63) is 46.7 Å². The molecule has 0 radical (unpaired) electrons. The Morgan fingerprint density at radius 1 is 1.00 bits per heavy atom. The molecule has 0 saturated heterocycles. The average molecular weight is 277 g/mol. The van der Waals surface area contributed by atoms with Crippen molar-refractivity contribution in [3.63, 3.8) is 0 Å². The monoisotopic (exact) mass is 276 g/mol. The van der Waals surface area contributed by atoms with Crippen molar-refractivity contribution in [2.24, 2.45) is 9.98 Å². The van der Waals surface area contributed by atoms with Gasteiger partial charge in [0.2, 0.25) is 0 Å². The zero-order chi connectivity index (χ0) is 11.7. The Labute approximate surface area is 117 Å². The van der Waals surface area contributed by atoms with Crippen LogP contribution in [0.2, 0.25) is 0 Å². The van der Waals surface area contributed by atoms with Gasteiger partial charge in [-0.15, -0.1) is 23.7 Å². The summed E-state index contributed by atoms with van der Waals surface area (Å²) in [5.74, 6) is 0. The molecule has 0 N–H and O–H groups in total. The molecule has 0 amide bonds. The standard InChI is InChI=1S/C14H12N2S.ClH/c1-10-7-12(11-5-3-2-4-6-11)16-14-9-17-8-13(14)15-10;/h2-6,8-9H,7H2,1H3;1H. The van der Waals surface area contributed by atoms with E-state index < -0.39 is 0 Å². The summed E-state index contributed by atoms with van der Waals surface area (Å²) in [4.78, 5) is 9.32. The molecule has 2 heterocycles. The van der Waals surface area contributed by atoms with Crippen molar-refractivity contribution in [1.29, 1.82) is 0 Å². The third-order valence-electron chi connectivity index (χ3n) is 2.72. The van der Waals surface area contributed by atoms with Gasteiger partial charge in [0, 0.05) is 22.9 Å². The van der Waals surface area contributed by atoms with Gasteiger partial charge in [0.05, 0.1) is 17.1 Å². The summed E-state index contributed by atoms with van der Waals surface area (Å²) in [6.07, 6.45) is 0.823. The molecule has 1 aliphatic heterocycles. The van der Waals surface area contributed by atoms with Crippen LogP contribution >= 0.6 is 23.7 Å². The van der Waals surface area contributed by atoms with Crippen LogP contribution in [0.5, 0.6) is 0 Å². The molecule has 18 heavy (non-hydrogen) atoms. The molecule has 1 aromatic heterocycles. The largest absolute Gasteiger partial charge is 0.255 e. The fourth-order valence-corrected chi connectivity index (χ4v) is 2.59. The van der Waals surface area contributed by atoms with Gasteiger partial charge in [0.1, 0.15) is 0 Å². The summed E-state index contributed by atoms with van der Waals surface area (Å²) in [6, 6.07) is 10.3. The van der Waals surface area contributed by atoms with E-state index >= 15 is 0 Å². The van der Waals surface area contributed by atoms with E-state index in [1.165, 1.54) is 5.56 Å². The van der Waals surface area contributed by atoms with Gasteiger partial charge in [-0.3, -0.25) is 4.99 Å². The van der Waals surface area contributed by atoms with Crippen LogP contribution in [0, 0.1) is 0 Å². The Morgan fingerprint density at radius 3 is 2.39 bits per heavy atom. The number of fused-ring (bicyclic) bond motifs is 1. The molecule has 1 aromatic carbocycles. The fourth-order valence-electron chi connectivity index (χ4n) is 1.92. The topological polar surface area (TPSA) is 24.7 Å². The van der Waals surface area contributed by atoms with Crippen molar-refractivity contribution in [2.75, 3.05) is 0 Å². The minimum absolute atomic E-state index is 0. The highest BCUT2D eigenvalue weighted by atomic mass is 35.5. The smallest absolute Gasteiger partial charge is 0.0996 e. The highest BCUT2D eigenvalue weighted by Gasteiger charge is 2.12. The van der Waals surface area contributed by atoms with E-state index in [0.717, 1.165) is 29.2 Å². The lowest BCUT2D eigenvalue weighted by atomic mass is 10.1. The Kier molecular flexibility index (Phi) is 3.94. The van der Waals surface area contributed by atoms with Crippen LogP contribution in [-0.4, -0.2) is 11.4 Å². The molecule has 0 atom stereocenters. The predicted molar refractivity (Wildman–Crippen MR) is 81.6 cm³/mol. The molecule has 92 valence electrons. The molecule has 0 saturated carbocycles. The average Bonchev–Trinajstić information content (AvgIpc) is 2.70. The molecule has 0 unspecified atom stereocenters. The summed E-state index contributed by atoms with van der Waals surface area (Å²) >= 11 is 1.65. The highest BCUT2D eigenvalue weighted by Crippen LogP contribution is 2.35. The lowest BCUT2D eigenvalue weighted by molar-refractivity contribution is 1.44. The van der Waals surface area contributed by atoms with Gasteiger partial charge in [-0.1, -0.05) is 30.3 Å². The minimum atomic E-state index is 0. The molecule has 2 nitrogen and oxygen atoms in total. The molecule has 0 fully saturated rings. The fraction of sp³-hybridized carbons (Fsp3) is 0.143. The normalized spacial score (nSPS) is 13.8. The van der Waals surface area contributed by atoms with Gasteiger partial charge < -0.3 is 0 Å². The van der Waals surface area contributed by atoms with Crippen LogP contribution in [0.1, 0.15) is 18.9 Å². The van der Waals surface area contributed by atoms with E-state index in [4.69, 9.17) is 4.99 Å². The molecule has 3 rings (SSSR count). The highest BCUT2D eigenvalue weighted by molar-refractivity contribution is 7.08. The van der Waals surface area contributed by atoms with Crippen molar-refractivity contribution < 1.29 is 0 Å². The van der Waals surface area contributed by atoms with Gasteiger partial charge in [-0.25, -0.2) is 4.99 Å². The Bertz CT molecular complexity index is 599. The van der Waals surface area contributed by atoms with E-state index in [9.17, 15) is 0 Å². The number of rotatable bonds is 1. The maximum atomic E-state index is 4.73. The molecule has 0 bridgehead atoms. The first-order valence-corrected chi connectivity index (χ1v) is 6.50. The lowest BCUT2D eigenvalue weighted by Gasteiger charge is -2.03. The van der Waals surface area contributed by atoms with E-state index in [1.807, 2.05) is 18.2 Å². The van der Waals surface area contributed by atoms with Crippen LogP contribution in [0.3, 0.4) is 0 Å². The van der Waals surface area contributed by atoms with E-state index in [-0.39, 0.29) is 12.4 Å². The number of nitrogens with zero attached hydrogens (tertiary/aromatic N) is 2. The number of benzene rings is 1. The first kappa shape index (κ1) is 13.0. The summed E-state index contributed by atoms with van der Waals surface area (Å²) in [7, 11) is 0. The number of hydrogen-bond acceptors (Lipinski definition) is 3. The summed E-state index contributed by atoms with van der Waals surface area (Å²) in [5, 5.41) is 4.11. The lowest BCUT2D eigenvalue weighted by Crippen LogP contribution is -2.05. The van der Waals surface area contributed by atoms with Crippen molar-refractivity contribution in [3.8, 4) is 0 Å². The molecular weight excluding hydrogens is 264 g/mol. The van der Waals surface area contributed by atoms with E-state index in [0.29, 0.717) is 0 Å². The van der Waals surface area contributed by atoms with Gasteiger partial charge in [-0.2, -0.15) is 0 Å². The molecule has 1 aliphatic rings. The zero-order valence-electron chi connectivity index (χ0n) is 9.96. The van der Waals surface area contributed by atoms with E-state index in [1.54, 1.807) is 11.3 Å². The van der Waals surface area contributed by atoms with Crippen LogP contribution in [0.4, 0.5) is 11.4 Å². The predicted octanol–water partition coefficient (Wildman–Crippen LogP) is 4.79. The zero-order valence-corrected chi connectivity index (χ0v) is 11.6. The summed E-state index contributed by atoms with van der Waals surface area (Å²) in [6.45, 7) is 2.06. The van der Waals surface area contributed by atoms with Gasteiger partial charge in [0.15, 0.2) is 0 Å². The van der Waals surface area contributed by atoms with Gasteiger partial charge >= 0.3 is 0 Å². The molecule has 4 heteroatoms. The number of aliphatic imine (C=N–C) groups is 2. The Balaban J connectivity index is 0.00000120. The van der Waals surface area contributed by atoms with Gasteiger partial charge in [0.25, 0.3) is 0 Å². The molecule has 0 spiro atoms. The second-order valence-corrected chi connectivity index (χ2v) is 4.83. The van der Waals surface area contributed by atoms with Crippen molar-refractivity contribution >= 4 is 46.5 Å². The van der Waals surface area contributed by atoms with Crippen LogP contribution in [-0.2, 0) is 0 Å². The van der Waals surface area contributed by atoms with Gasteiger partial charge in [-0.05, 0) is 12.5 Å². The van der Waals surface area contributed by atoms with Crippen LogP contribution in [0.15, 0.2) is 51.1 Å². The minimum Gasteiger partial charge on any atom is -0.255 e. The van der Waals surface area contributed by atoms with Crippen LogP contribution in [0.25, 0.3) is 0 Å². The van der Waals surface area contributed by atoms with Crippen molar-refractivity contribution in [1.82, 2.24) is 0 Å². The Morgan fingerprint density at radius 2 is 1.67 bits per heavy atom. The first-order valence-electron chi connectivity index (χ1n) is 5.56. The third-order valence-corrected chi connectivity index (χ3v) is 3.44. The van der Waals surface area contributed by atoms with Crippen LogP contribution < -0.4 is 0 Å². The second-order valence-electron chi connectivity index (χ2n) is 4.09. The SMILES string of the molecule is CC1=Nc2cscc2N=C(c2ccccc2)C1.Cl. The second kappa shape index (κ2) is 5.46. The molecular formula is C14H13ClN2S.